The molecule has 5 rings (SSSR count). The van der Waals surface area contributed by atoms with Gasteiger partial charge < -0.3 is 19.9 Å². The number of aromatic nitrogens is 1. The molecule has 3 aromatic rings. The van der Waals surface area contributed by atoms with Gasteiger partial charge in [-0.1, -0.05) is 37.1 Å². The summed E-state index contributed by atoms with van der Waals surface area (Å²) in [4.78, 5) is 5.76. The molecule has 5 heteroatoms. The number of aliphatic hydroxyl groups is 2. The lowest BCUT2D eigenvalue weighted by Crippen LogP contribution is -2.39. The first kappa shape index (κ1) is 21.7. The third-order valence-electron chi connectivity index (χ3n) is 7.27. The maximum absolute atomic E-state index is 9.71. The summed E-state index contributed by atoms with van der Waals surface area (Å²) in [6.45, 7) is 1.68. The van der Waals surface area contributed by atoms with E-state index in [1.807, 2.05) is 0 Å². The molecule has 1 aliphatic heterocycles. The molecule has 1 aromatic heterocycles. The minimum atomic E-state index is 0.128. The highest BCUT2D eigenvalue weighted by atomic mass is 16.5. The summed E-state index contributed by atoms with van der Waals surface area (Å²) in [6.07, 6.45) is 7.29. The Morgan fingerprint density at radius 2 is 1.62 bits per heavy atom. The normalized spacial score (nSPS) is 22.3. The van der Waals surface area contributed by atoms with Gasteiger partial charge in [0, 0.05) is 35.2 Å². The molecule has 2 fully saturated rings. The van der Waals surface area contributed by atoms with Crippen molar-refractivity contribution in [2.75, 3.05) is 13.2 Å². The molecule has 2 aromatic carbocycles. The van der Waals surface area contributed by atoms with Crippen LogP contribution in [0.15, 0.2) is 48.5 Å². The summed E-state index contributed by atoms with van der Waals surface area (Å²) in [5, 5.41) is 20.6. The standard InChI is InChI=1S/C27H34N2O3/c30-16-24-9-10-25(17-31)29(24)15-23-14-22-13-21(8-11-27(22)28-23)20-5-3-4-19(12-20)18-32-26-6-1-2-7-26/h3-5,8,11-14,24-26,28,30-31H,1-2,6-7,9-10,15-18H2/t24-,25-/m1/s1. The molecule has 1 aliphatic carbocycles. The maximum Gasteiger partial charge on any atom is 0.0720 e. The number of benzene rings is 2. The van der Waals surface area contributed by atoms with Gasteiger partial charge in [-0.05, 0) is 66.6 Å². The molecular weight excluding hydrogens is 400 g/mol. The first-order valence-corrected chi connectivity index (χ1v) is 12.0. The quantitative estimate of drug-likeness (QED) is 0.484. The van der Waals surface area contributed by atoms with E-state index in [0.717, 1.165) is 24.1 Å². The minimum Gasteiger partial charge on any atom is -0.395 e. The van der Waals surface area contributed by atoms with Crippen molar-refractivity contribution in [1.29, 1.82) is 0 Å². The molecule has 1 saturated carbocycles. The van der Waals surface area contributed by atoms with Crippen molar-refractivity contribution in [2.45, 2.75) is 69.9 Å². The maximum atomic E-state index is 9.71. The molecule has 2 heterocycles. The summed E-state index contributed by atoms with van der Waals surface area (Å²) in [6, 6.07) is 17.7. The zero-order chi connectivity index (χ0) is 21.9. The Kier molecular flexibility index (Phi) is 6.60. The fraction of sp³-hybridized carbons (Fsp3) is 0.481. The summed E-state index contributed by atoms with van der Waals surface area (Å²) < 4.78 is 6.11. The summed E-state index contributed by atoms with van der Waals surface area (Å²) >= 11 is 0. The van der Waals surface area contributed by atoms with E-state index in [1.165, 1.54) is 47.8 Å². The summed E-state index contributed by atoms with van der Waals surface area (Å²) in [5.74, 6) is 0. The van der Waals surface area contributed by atoms with E-state index in [4.69, 9.17) is 4.74 Å². The van der Waals surface area contributed by atoms with Gasteiger partial charge in [-0.25, -0.2) is 0 Å². The summed E-state index contributed by atoms with van der Waals surface area (Å²) in [5.41, 5.74) is 5.87. The van der Waals surface area contributed by atoms with Gasteiger partial charge in [0.25, 0.3) is 0 Å². The molecule has 1 saturated heterocycles. The molecule has 3 N–H and O–H groups in total. The van der Waals surface area contributed by atoms with Crippen molar-refractivity contribution < 1.29 is 14.9 Å². The van der Waals surface area contributed by atoms with Crippen LogP contribution in [0.2, 0.25) is 0 Å². The van der Waals surface area contributed by atoms with E-state index in [-0.39, 0.29) is 25.3 Å². The molecule has 170 valence electrons. The van der Waals surface area contributed by atoms with Gasteiger partial charge in [-0.3, -0.25) is 4.90 Å². The van der Waals surface area contributed by atoms with Gasteiger partial charge in [0.1, 0.15) is 0 Å². The highest BCUT2D eigenvalue weighted by Gasteiger charge is 2.32. The topological polar surface area (TPSA) is 68.7 Å². The number of hydrogen-bond donors (Lipinski definition) is 3. The fourth-order valence-corrected chi connectivity index (χ4v) is 5.43. The van der Waals surface area contributed by atoms with Gasteiger partial charge in [-0.15, -0.1) is 0 Å². The first-order valence-electron chi connectivity index (χ1n) is 12.0. The van der Waals surface area contributed by atoms with Gasteiger partial charge in [-0.2, -0.15) is 0 Å². The molecule has 2 aliphatic rings. The van der Waals surface area contributed by atoms with Crippen LogP contribution >= 0.6 is 0 Å². The van der Waals surface area contributed by atoms with Crippen molar-refractivity contribution >= 4 is 10.9 Å². The number of nitrogens with zero attached hydrogens (tertiary/aromatic N) is 1. The van der Waals surface area contributed by atoms with Crippen molar-refractivity contribution in [2.24, 2.45) is 0 Å². The highest BCUT2D eigenvalue weighted by Crippen LogP contribution is 2.29. The Bertz CT molecular complexity index is 1030. The van der Waals surface area contributed by atoms with E-state index in [1.54, 1.807) is 0 Å². The van der Waals surface area contributed by atoms with Crippen LogP contribution in [-0.2, 0) is 17.9 Å². The van der Waals surface area contributed by atoms with E-state index >= 15 is 0 Å². The van der Waals surface area contributed by atoms with Gasteiger partial charge >= 0.3 is 0 Å². The number of H-pyrrole nitrogens is 1. The SMILES string of the molecule is OC[C@H]1CC[C@H](CO)N1Cc1cc2cc(-c3cccc(COC4CCCC4)c3)ccc2[nH]1. The van der Waals surface area contributed by atoms with E-state index in [2.05, 4.69) is 58.4 Å². The van der Waals surface area contributed by atoms with E-state index in [0.29, 0.717) is 19.3 Å². The monoisotopic (exact) mass is 434 g/mol. The number of fused-ring (bicyclic) bond motifs is 1. The predicted octanol–water partition coefficient (Wildman–Crippen LogP) is 4.61. The Morgan fingerprint density at radius 1 is 0.875 bits per heavy atom. The number of nitrogens with one attached hydrogen (secondary N) is 1. The van der Waals surface area contributed by atoms with Crippen LogP contribution in [-0.4, -0.2) is 51.5 Å². The molecule has 0 spiro atoms. The molecule has 0 radical (unpaired) electrons. The Morgan fingerprint density at radius 3 is 2.38 bits per heavy atom. The third kappa shape index (κ3) is 4.62. The van der Waals surface area contributed by atoms with Crippen molar-refractivity contribution in [3.05, 3.63) is 59.8 Å². The first-order chi connectivity index (χ1) is 15.7. The van der Waals surface area contributed by atoms with Gasteiger partial charge in [0.05, 0.1) is 25.9 Å². The number of likely N-dealkylation sites (tertiary alicyclic amines) is 1. The van der Waals surface area contributed by atoms with Crippen LogP contribution in [0.4, 0.5) is 0 Å². The molecule has 0 unspecified atom stereocenters. The smallest absolute Gasteiger partial charge is 0.0720 e. The number of hydrogen-bond acceptors (Lipinski definition) is 4. The lowest BCUT2D eigenvalue weighted by molar-refractivity contribution is 0.0457. The predicted molar refractivity (Wildman–Crippen MR) is 127 cm³/mol. The van der Waals surface area contributed by atoms with Crippen molar-refractivity contribution in [1.82, 2.24) is 9.88 Å². The van der Waals surface area contributed by atoms with Crippen LogP contribution in [0.5, 0.6) is 0 Å². The Hall–Kier alpha value is -2.18. The van der Waals surface area contributed by atoms with Crippen molar-refractivity contribution in [3.8, 4) is 11.1 Å². The van der Waals surface area contributed by atoms with Crippen LogP contribution in [0.1, 0.15) is 49.8 Å². The Balaban J connectivity index is 1.32. The van der Waals surface area contributed by atoms with E-state index in [9.17, 15) is 10.2 Å². The van der Waals surface area contributed by atoms with Gasteiger partial charge in [0.15, 0.2) is 0 Å². The second-order valence-corrected chi connectivity index (χ2v) is 9.44. The average molecular weight is 435 g/mol. The third-order valence-corrected chi connectivity index (χ3v) is 7.27. The fourth-order valence-electron chi connectivity index (χ4n) is 5.43. The van der Waals surface area contributed by atoms with Crippen molar-refractivity contribution in [3.63, 3.8) is 0 Å². The lowest BCUT2D eigenvalue weighted by atomic mass is 10.0. The number of rotatable bonds is 8. The average Bonchev–Trinajstić information content (AvgIpc) is 3.57. The number of ether oxygens (including phenoxy) is 1. The minimum absolute atomic E-state index is 0.128. The van der Waals surface area contributed by atoms with Crippen LogP contribution in [0.3, 0.4) is 0 Å². The second kappa shape index (κ2) is 9.75. The second-order valence-electron chi connectivity index (χ2n) is 9.44. The summed E-state index contributed by atoms with van der Waals surface area (Å²) in [7, 11) is 0. The molecular formula is C27H34N2O3. The van der Waals surface area contributed by atoms with Crippen LogP contribution in [0, 0.1) is 0 Å². The zero-order valence-corrected chi connectivity index (χ0v) is 18.7. The largest absolute Gasteiger partial charge is 0.395 e. The van der Waals surface area contributed by atoms with E-state index < -0.39 is 0 Å². The number of aromatic amines is 1. The number of aliphatic hydroxyl groups excluding tert-OH is 2. The highest BCUT2D eigenvalue weighted by molar-refractivity contribution is 5.86. The molecule has 0 amide bonds. The molecule has 0 bridgehead atoms. The zero-order valence-electron chi connectivity index (χ0n) is 18.7. The molecule has 5 nitrogen and oxygen atoms in total. The Labute approximate surface area is 190 Å². The lowest BCUT2D eigenvalue weighted by Gasteiger charge is -2.27. The van der Waals surface area contributed by atoms with Crippen LogP contribution in [0.25, 0.3) is 22.0 Å². The molecule has 32 heavy (non-hydrogen) atoms. The van der Waals surface area contributed by atoms with Crippen LogP contribution < -0.4 is 0 Å². The van der Waals surface area contributed by atoms with Gasteiger partial charge in [0.2, 0.25) is 0 Å². The molecule has 2 atom stereocenters.